The summed E-state index contributed by atoms with van der Waals surface area (Å²) >= 11 is 6.01. The third-order valence-corrected chi connectivity index (χ3v) is 5.23. The second kappa shape index (κ2) is 6.91. The molecule has 0 spiro atoms. The van der Waals surface area contributed by atoms with Crippen molar-refractivity contribution in [3.8, 4) is 11.3 Å². The van der Waals surface area contributed by atoms with E-state index in [-0.39, 0.29) is 5.82 Å². The van der Waals surface area contributed by atoms with Crippen molar-refractivity contribution >= 4 is 28.4 Å². The number of benzene rings is 2. The maximum absolute atomic E-state index is 13.3. The van der Waals surface area contributed by atoms with Gasteiger partial charge in [-0.2, -0.15) is 4.98 Å². The van der Waals surface area contributed by atoms with E-state index >= 15 is 0 Å². The number of hydrogen-bond acceptors (Lipinski definition) is 3. The molecule has 5 rings (SSSR count). The fourth-order valence-corrected chi connectivity index (χ4v) is 3.69. The maximum Gasteiger partial charge on any atom is 0.232 e. The van der Waals surface area contributed by atoms with Gasteiger partial charge in [0.05, 0.1) is 11.1 Å². The molecular weight excluding hydrogens is 377 g/mol. The lowest BCUT2D eigenvalue weighted by atomic mass is 10.1. The highest BCUT2D eigenvalue weighted by Crippen LogP contribution is 2.27. The molecule has 140 valence electrons. The van der Waals surface area contributed by atoms with E-state index in [0.29, 0.717) is 16.5 Å². The predicted molar refractivity (Wildman–Crippen MR) is 107 cm³/mol. The standard InChI is InChI=1S/C22H17ClFN3O/c23-15-6-10-17(11-7-15)25-21-18-13-19(14-4-8-16(24)9-5-14)28-22(18)26-20-3-1-2-12-27(20)21/h4-11,13H,1-3,12H2. The number of hydrogen-bond donors (Lipinski definition) is 0. The Kier molecular flexibility index (Phi) is 4.24. The van der Waals surface area contributed by atoms with Crippen LogP contribution in [0.5, 0.6) is 0 Å². The molecule has 3 heterocycles. The Balaban J connectivity index is 1.76. The number of furan rings is 1. The number of fused-ring (bicyclic) bond motifs is 2. The molecule has 2 aromatic carbocycles. The van der Waals surface area contributed by atoms with Crippen LogP contribution in [0.3, 0.4) is 0 Å². The first-order valence-electron chi connectivity index (χ1n) is 9.27. The van der Waals surface area contributed by atoms with E-state index in [2.05, 4.69) is 4.57 Å². The average Bonchev–Trinajstić information content (AvgIpc) is 3.14. The quantitative estimate of drug-likeness (QED) is 0.441. The molecule has 6 heteroatoms. The van der Waals surface area contributed by atoms with Gasteiger partial charge in [-0.25, -0.2) is 9.38 Å². The van der Waals surface area contributed by atoms with Gasteiger partial charge in [0.15, 0.2) is 0 Å². The molecule has 0 saturated heterocycles. The molecular formula is C22H17ClFN3O. The fourth-order valence-electron chi connectivity index (χ4n) is 3.56. The van der Waals surface area contributed by atoms with Gasteiger partial charge in [0, 0.05) is 23.6 Å². The predicted octanol–water partition coefficient (Wildman–Crippen LogP) is 5.66. The van der Waals surface area contributed by atoms with E-state index in [1.807, 2.05) is 30.3 Å². The van der Waals surface area contributed by atoms with Crippen LogP contribution in [-0.4, -0.2) is 9.55 Å². The zero-order valence-corrected chi connectivity index (χ0v) is 15.8. The summed E-state index contributed by atoms with van der Waals surface area (Å²) in [7, 11) is 0. The third kappa shape index (κ3) is 3.12. The van der Waals surface area contributed by atoms with Gasteiger partial charge < -0.3 is 8.98 Å². The molecule has 4 nitrogen and oxygen atoms in total. The van der Waals surface area contributed by atoms with Gasteiger partial charge in [-0.05, 0) is 67.4 Å². The lowest BCUT2D eigenvalue weighted by Gasteiger charge is -2.18. The highest BCUT2D eigenvalue weighted by molar-refractivity contribution is 6.30. The molecule has 0 aliphatic carbocycles. The topological polar surface area (TPSA) is 43.3 Å². The van der Waals surface area contributed by atoms with E-state index < -0.39 is 0 Å². The molecule has 28 heavy (non-hydrogen) atoms. The molecule has 1 aliphatic heterocycles. The van der Waals surface area contributed by atoms with Crippen molar-refractivity contribution in [1.82, 2.24) is 9.55 Å². The second-order valence-electron chi connectivity index (χ2n) is 6.88. The lowest BCUT2D eigenvalue weighted by Crippen LogP contribution is -2.28. The average molecular weight is 394 g/mol. The number of nitrogens with zero attached hydrogens (tertiary/aromatic N) is 3. The second-order valence-corrected chi connectivity index (χ2v) is 7.32. The summed E-state index contributed by atoms with van der Waals surface area (Å²) in [6, 6.07) is 15.6. The van der Waals surface area contributed by atoms with E-state index in [1.165, 1.54) is 12.1 Å². The van der Waals surface area contributed by atoms with E-state index in [9.17, 15) is 4.39 Å². The zero-order chi connectivity index (χ0) is 19.1. The molecule has 0 N–H and O–H groups in total. The molecule has 0 fully saturated rings. The van der Waals surface area contributed by atoms with Crippen molar-refractivity contribution in [3.63, 3.8) is 0 Å². The first-order chi connectivity index (χ1) is 13.7. The monoisotopic (exact) mass is 393 g/mol. The summed E-state index contributed by atoms with van der Waals surface area (Å²) in [4.78, 5) is 9.63. The fraction of sp³-hybridized carbons (Fsp3) is 0.182. The van der Waals surface area contributed by atoms with Crippen molar-refractivity contribution in [1.29, 1.82) is 0 Å². The van der Waals surface area contributed by atoms with Crippen LogP contribution in [0, 0.1) is 5.82 Å². The SMILES string of the molecule is Fc1ccc(-c2cc3c(=Nc4ccc(Cl)cc4)n4c(nc3o2)CCCC4)cc1. The van der Waals surface area contributed by atoms with Crippen molar-refractivity contribution in [3.05, 3.63) is 76.7 Å². The Labute approximate surface area is 165 Å². The highest BCUT2D eigenvalue weighted by atomic mass is 35.5. The van der Waals surface area contributed by atoms with E-state index in [1.54, 1.807) is 12.1 Å². The molecule has 2 aromatic heterocycles. The van der Waals surface area contributed by atoms with Crippen molar-refractivity contribution < 1.29 is 8.81 Å². The van der Waals surface area contributed by atoms with Crippen LogP contribution in [0.4, 0.5) is 10.1 Å². The molecule has 0 atom stereocenters. The van der Waals surface area contributed by atoms with Crippen molar-refractivity contribution in [2.24, 2.45) is 4.99 Å². The summed E-state index contributed by atoms with van der Waals surface area (Å²) in [5, 5.41) is 1.52. The zero-order valence-electron chi connectivity index (χ0n) is 15.0. The lowest BCUT2D eigenvalue weighted by molar-refractivity contribution is 0.490. The maximum atomic E-state index is 13.3. The number of halogens is 2. The number of aryl methyl sites for hydroxylation is 1. The summed E-state index contributed by atoms with van der Waals surface area (Å²) in [6.07, 6.45) is 3.09. The largest absolute Gasteiger partial charge is 0.438 e. The van der Waals surface area contributed by atoms with Crippen LogP contribution in [0.1, 0.15) is 18.7 Å². The minimum absolute atomic E-state index is 0.276. The van der Waals surface area contributed by atoms with E-state index in [0.717, 1.165) is 53.8 Å². The molecule has 0 bridgehead atoms. The molecule has 0 saturated carbocycles. The van der Waals surface area contributed by atoms with E-state index in [4.69, 9.17) is 26.0 Å². The van der Waals surface area contributed by atoms with Gasteiger partial charge in [0.2, 0.25) is 5.71 Å². The summed E-state index contributed by atoms with van der Waals surface area (Å²) < 4.78 is 21.5. The van der Waals surface area contributed by atoms with Crippen LogP contribution in [0.25, 0.3) is 22.4 Å². The Bertz CT molecular complexity index is 1220. The third-order valence-electron chi connectivity index (χ3n) is 4.97. The van der Waals surface area contributed by atoms with Crippen LogP contribution >= 0.6 is 11.6 Å². The molecule has 0 radical (unpaired) electrons. The van der Waals surface area contributed by atoms with Gasteiger partial charge in [-0.15, -0.1) is 0 Å². The number of aromatic nitrogens is 2. The van der Waals surface area contributed by atoms with Gasteiger partial charge in [0.1, 0.15) is 22.9 Å². The summed E-state index contributed by atoms with van der Waals surface area (Å²) in [5.74, 6) is 1.35. The van der Waals surface area contributed by atoms with Gasteiger partial charge in [-0.1, -0.05) is 11.6 Å². The van der Waals surface area contributed by atoms with Crippen LogP contribution < -0.4 is 5.49 Å². The Morgan fingerprint density at radius 2 is 1.82 bits per heavy atom. The minimum Gasteiger partial charge on any atom is -0.438 e. The normalized spacial score (nSPS) is 14.4. The smallest absolute Gasteiger partial charge is 0.232 e. The minimum atomic E-state index is -0.276. The molecule has 0 unspecified atom stereocenters. The Hall–Kier alpha value is -2.92. The van der Waals surface area contributed by atoms with Crippen LogP contribution in [0.2, 0.25) is 5.02 Å². The summed E-state index contributed by atoms with van der Waals surface area (Å²) in [5.41, 5.74) is 3.01. The van der Waals surface area contributed by atoms with Crippen molar-refractivity contribution in [2.75, 3.05) is 0 Å². The van der Waals surface area contributed by atoms with Gasteiger partial charge >= 0.3 is 0 Å². The first-order valence-corrected chi connectivity index (χ1v) is 9.65. The Morgan fingerprint density at radius 1 is 1.04 bits per heavy atom. The van der Waals surface area contributed by atoms with Crippen LogP contribution in [-0.2, 0) is 13.0 Å². The van der Waals surface area contributed by atoms with Crippen molar-refractivity contribution in [2.45, 2.75) is 25.8 Å². The first kappa shape index (κ1) is 17.2. The molecule has 0 amide bonds. The summed E-state index contributed by atoms with van der Waals surface area (Å²) in [6.45, 7) is 0.877. The molecule has 1 aliphatic rings. The van der Waals surface area contributed by atoms with Gasteiger partial charge in [0.25, 0.3) is 0 Å². The highest BCUT2D eigenvalue weighted by Gasteiger charge is 2.17. The van der Waals surface area contributed by atoms with Crippen LogP contribution in [0.15, 0.2) is 64.0 Å². The van der Waals surface area contributed by atoms with Gasteiger partial charge in [-0.3, -0.25) is 0 Å². The Morgan fingerprint density at radius 3 is 2.61 bits per heavy atom. The molecule has 4 aromatic rings. The number of rotatable bonds is 2.